The van der Waals surface area contributed by atoms with Gasteiger partial charge in [-0.3, -0.25) is 14.9 Å². The van der Waals surface area contributed by atoms with Crippen LogP contribution in [0.15, 0.2) is 34.5 Å². The van der Waals surface area contributed by atoms with Crippen LogP contribution in [0.5, 0.6) is 0 Å². The van der Waals surface area contributed by atoms with Crippen LogP contribution < -0.4 is 0 Å². The predicted molar refractivity (Wildman–Crippen MR) is 86.8 cm³/mol. The van der Waals surface area contributed by atoms with Gasteiger partial charge in [-0.2, -0.15) is 10.2 Å². The summed E-state index contributed by atoms with van der Waals surface area (Å²) in [4.78, 5) is 23.4. The quantitative estimate of drug-likeness (QED) is 0.484. The first-order chi connectivity index (χ1) is 10.8. The van der Waals surface area contributed by atoms with E-state index in [1.165, 1.54) is 6.07 Å². The highest BCUT2D eigenvalue weighted by molar-refractivity contribution is 6.09. The molecule has 1 aliphatic heterocycles. The van der Waals surface area contributed by atoms with Crippen molar-refractivity contribution in [1.29, 1.82) is 0 Å². The Morgan fingerprint density at radius 3 is 2.43 bits per heavy atom. The van der Waals surface area contributed by atoms with Gasteiger partial charge >= 0.3 is 5.97 Å². The molecule has 2 unspecified atom stereocenters. The molecule has 2 atom stereocenters. The third-order valence-electron chi connectivity index (χ3n) is 3.67. The van der Waals surface area contributed by atoms with Crippen LogP contribution in [0.25, 0.3) is 0 Å². The molecule has 0 saturated carbocycles. The fourth-order valence-electron chi connectivity index (χ4n) is 2.70. The lowest BCUT2D eigenvalue weighted by Gasteiger charge is -2.28. The number of para-hydroxylation sites is 1. The minimum absolute atomic E-state index is 0.0379. The second-order valence-electron chi connectivity index (χ2n) is 5.74. The van der Waals surface area contributed by atoms with Gasteiger partial charge in [0.25, 0.3) is 5.69 Å². The van der Waals surface area contributed by atoms with E-state index >= 15 is 0 Å². The summed E-state index contributed by atoms with van der Waals surface area (Å²) in [7, 11) is 0. The van der Waals surface area contributed by atoms with E-state index in [1.807, 2.05) is 0 Å². The molecular formula is C16H19N3O4. The van der Waals surface area contributed by atoms with Crippen molar-refractivity contribution in [3.05, 3.63) is 39.9 Å². The maximum Gasteiger partial charge on any atom is 0.316 e. The van der Waals surface area contributed by atoms with E-state index in [2.05, 4.69) is 10.2 Å². The molecule has 7 nitrogen and oxygen atoms in total. The van der Waals surface area contributed by atoms with Crippen molar-refractivity contribution in [2.24, 2.45) is 16.1 Å². The monoisotopic (exact) mass is 317 g/mol. The number of nitrogens with zero attached hydrogens (tertiary/aromatic N) is 3. The highest BCUT2D eigenvalue weighted by atomic mass is 16.6. The molecule has 1 aromatic rings. The van der Waals surface area contributed by atoms with E-state index in [9.17, 15) is 14.9 Å². The maximum atomic E-state index is 12.5. The smallest absolute Gasteiger partial charge is 0.316 e. The van der Waals surface area contributed by atoms with Gasteiger partial charge in [-0.15, -0.1) is 0 Å². The van der Waals surface area contributed by atoms with Gasteiger partial charge in [0, 0.05) is 23.3 Å². The van der Waals surface area contributed by atoms with E-state index < -0.39 is 22.7 Å². The molecule has 0 amide bonds. The van der Waals surface area contributed by atoms with Crippen molar-refractivity contribution in [3.8, 4) is 0 Å². The zero-order valence-electron chi connectivity index (χ0n) is 13.5. The summed E-state index contributed by atoms with van der Waals surface area (Å²) in [6, 6.07) is 6.38. The number of rotatable bonds is 4. The second kappa shape index (κ2) is 6.68. The molecule has 23 heavy (non-hydrogen) atoms. The first-order valence-corrected chi connectivity index (χ1v) is 7.35. The first-order valence-electron chi connectivity index (χ1n) is 7.35. The molecule has 1 aliphatic rings. The highest BCUT2D eigenvalue weighted by Gasteiger charge is 2.40. The number of hydrogen-bond donors (Lipinski definition) is 0. The van der Waals surface area contributed by atoms with Crippen molar-refractivity contribution in [2.75, 3.05) is 0 Å². The molecule has 2 rings (SSSR count). The van der Waals surface area contributed by atoms with Crippen molar-refractivity contribution in [3.63, 3.8) is 0 Å². The zero-order chi connectivity index (χ0) is 17.1. The van der Waals surface area contributed by atoms with Crippen LogP contribution in [-0.2, 0) is 9.53 Å². The van der Waals surface area contributed by atoms with Gasteiger partial charge in [0.15, 0.2) is 0 Å². The minimum atomic E-state index is -0.712. The van der Waals surface area contributed by atoms with E-state index in [1.54, 1.807) is 45.9 Å². The Balaban J connectivity index is 2.53. The van der Waals surface area contributed by atoms with Crippen LogP contribution in [-0.4, -0.2) is 28.4 Å². The molecule has 0 aliphatic carbocycles. The Hall–Kier alpha value is -2.57. The molecular weight excluding hydrogens is 298 g/mol. The second-order valence-corrected chi connectivity index (χ2v) is 5.74. The molecule has 0 N–H and O–H groups in total. The average Bonchev–Trinajstić information content (AvgIpc) is 2.48. The van der Waals surface area contributed by atoms with Gasteiger partial charge < -0.3 is 4.74 Å². The van der Waals surface area contributed by atoms with Crippen molar-refractivity contribution in [1.82, 2.24) is 0 Å². The van der Waals surface area contributed by atoms with Crippen molar-refractivity contribution >= 4 is 23.1 Å². The molecule has 122 valence electrons. The van der Waals surface area contributed by atoms with E-state index in [-0.39, 0.29) is 11.8 Å². The lowest BCUT2D eigenvalue weighted by atomic mass is 9.79. The van der Waals surface area contributed by atoms with E-state index in [0.29, 0.717) is 17.0 Å². The van der Waals surface area contributed by atoms with Crippen LogP contribution >= 0.6 is 0 Å². The fourth-order valence-corrected chi connectivity index (χ4v) is 2.70. The normalized spacial score (nSPS) is 20.7. The summed E-state index contributed by atoms with van der Waals surface area (Å²) in [5, 5.41) is 19.4. The van der Waals surface area contributed by atoms with Crippen LogP contribution in [0.3, 0.4) is 0 Å². The van der Waals surface area contributed by atoms with Crippen LogP contribution in [0, 0.1) is 16.0 Å². The Morgan fingerprint density at radius 1 is 1.22 bits per heavy atom. The van der Waals surface area contributed by atoms with Gasteiger partial charge in [0.2, 0.25) is 0 Å². The lowest BCUT2D eigenvalue weighted by Crippen LogP contribution is -2.37. The summed E-state index contributed by atoms with van der Waals surface area (Å²) in [5.74, 6) is -1.71. The van der Waals surface area contributed by atoms with Gasteiger partial charge in [-0.05, 0) is 27.7 Å². The van der Waals surface area contributed by atoms with Gasteiger partial charge in [0.1, 0.15) is 5.92 Å². The maximum absolute atomic E-state index is 12.5. The molecule has 7 heteroatoms. The molecule has 1 aromatic carbocycles. The first kappa shape index (κ1) is 16.8. The highest BCUT2D eigenvalue weighted by Crippen LogP contribution is 2.36. The third kappa shape index (κ3) is 3.44. The number of ether oxygens (including phenoxy) is 1. The molecule has 1 heterocycles. The number of carbonyl (C=O) groups excluding carboxylic acids is 1. The van der Waals surface area contributed by atoms with Crippen molar-refractivity contribution in [2.45, 2.75) is 39.7 Å². The number of esters is 1. The SMILES string of the molecule is CC1=NN=C(C)C(c2ccccc2[N+](=O)[O-])C1C(=O)OC(C)C. The molecule has 0 aromatic heterocycles. The van der Waals surface area contributed by atoms with Gasteiger partial charge in [-0.25, -0.2) is 0 Å². The Labute approximate surface area is 134 Å². The van der Waals surface area contributed by atoms with Crippen molar-refractivity contribution < 1.29 is 14.5 Å². The fraction of sp³-hybridized carbons (Fsp3) is 0.438. The Kier molecular flexibility index (Phi) is 4.88. The lowest BCUT2D eigenvalue weighted by molar-refractivity contribution is -0.385. The van der Waals surface area contributed by atoms with Gasteiger partial charge in [0.05, 0.1) is 16.7 Å². The minimum Gasteiger partial charge on any atom is -0.462 e. The summed E-state index contributed by atoms with van der Waals surface area (Å²) < 4.78 is 5.32. The average molecular weight is 317 g/mol. The van der Waals surface area contributed by atoms with Gasteiger partial charge in [-0.1, -0.05) is 18.2 Å². The van der Waals surface area contributed by atoms with E-state index in [4.69, 9.17) is 4.74 Å². The van der Waals surface area contributed by atoms with Crippen LogP contribution in [0.1, 0.15) is 39.2 Å². The number of nitro benzene ring substituents is 1. The molecule has 0 saturated heterocycles. The van der Waals surface area contributed by atoms with Crippen LogP contribution in [0.2, 0.25) is 0 Å². The number of benzene rings is 1. The predicted octanol–water partition coefficient (Wildman–Crippen LogP) is 3.10. The number of nitro groups is 1. The van der Waals surface area contributed by atoms with E-state index in [0.717, 1.165) is 0 Å². The third-order valence-corrected chi connectivity index (χ3v) is 3.67. The molecule has 0 radical (unpaired) electrons. The number of hydrogen-bond acceptors (Lipinski definition) is 6. The largest absolute Gasteiger partial charge is 0.462 e. The summed E-state index contributed by atoms with van der Waals surface area (Å²) >= 11 is 0. The summed E-state index contributed by atoms with van der Waals surface area (Å²) in [5.41, 5.74) is 1.45. The number of carbonyl (C=O) groups is 1. The topological polar surface area (TPSA) is 94.2 Å². The zero-order valence-corrected chi connectivity index (χ0v) is 13.5. The standard InChI is InChI=1S/C16H19N3O4/c1-9(2)23-16(20)15-11(4)18-17-10(3)14(15)12-7-5-6-8-13(12)19(21)22/h5-9,14-15H,1-4H3. The molecule has 0 spiro atoms. The Bertz CT molecular complexity index is 694. The summed E-state index contributed by atoms with van der Waals surface area (Å²) in [6.07, 6.45) is -0.277. The molecule has 0 fully saturated rings. The Morgan fingerprint density at radius 2 is 1.83 bits per heavy atom. The summed E-state index contributed by atoms with van der Waals surface area (Å²) in [6.45, 7) is 6.92. The van der Waals surface area contributed by atoms with Crippen LogP contribution in [0.4, 0.5) is 5.69 Å². The molecule has 0 bridgehead atoms.